The number of aromatic hydroxyl groups is 1. The van der Waals surface area contributed by atoms with Gasteiger partial charge in [-0.25, -0.2) is 0 Å². The van der Waals surface area contributed by atoms with E-state index in [1.807, 2.05) is 11.9 Å². The molecule has 1 amide bonds. The fourth-order valence-electron chi connectivity index (χ4n) is 2.71. The van der Waals surface area contributed by atoms with Gasteiger partial charge in [0.2, 0.25) is 5.91 Å². The molecule has 1 saturated carbocycles. The maximum atomic E-state index is 12.3. The molecular weight excluding hydrogens is 240 g/mol. The van der Waals surface area contributed by atoms with Crippen molar-refractivity contribution in [2.45, 2.75) is 44.2 Å². The van der Waals surface area contributed by atoms with Gasteiger partial charge in [-0.2, -0.15) is 0 Å². The fourth-order valence-corrected chi connectivity index (χ4v) is 2.71. The van der Waals surface area contributed by atoms with E-state index in [1.54, 1.807) is 24.3 Å². The van der Waals surface area contributed by atoms with Crippen molar-refractivity contribution in [1.82, 2.24) is 4.90 Å². The van der Waals surface area contributed by atoms with Crippen molar-refractivity contribution in [2.24, 2.45) is 5.73 Å². The van der Waals surface area contributed by atoms with E-state index in [0.717, 1.165) is 18.4 Å². The Kier molecular flexibility index (Phi) is 4.43. The van der Waals surface area contributed by atoms with E-state index in [1.165, 1.54) is 12.8 Å². The Hall–Kier alpha value is -1.55. The van der Waals surface area contributed by atoms with Gasteiger partial charge >= 0.3 is 0 Å². The SMILES string of the molecule is CN(C(=O)C(N)Cc1ccc(O)cc1)C1CCCC1. The van der Waals surface area contributed by atoms with E-state index in [9.17, 15) is 9.90 Å². The number of carbonyl (C=O) groups is 1. The van der Waals surface area contributed by atoms with Gasteiger partial charge in [-0.15, -0.1) is 0 Å². The molecule has 1 aliphatic carbocycles. The highest BCUT2D eigenvalue weighted by Gasteiger charge is 2.26. The Morgan fingerprint density at radius 2 is 1.95 bits per heavy atom. The summed E-state index contributed by atoms with van der Waals surface area (Å²) in [4.78, 5) is 14.1. The number of hydrogen-bond donors (Lipinski definition) is 2. The molecular formula is C15H22N2O2. The van der Waals surface area contributed by atoms with Gasteiger partial charge in [0.1, 0.15) is 5.75 Å². The highest BCUT2D eigenvalue weighted by atomic mass is 16.3. The summed E-state index contributed by atoms with van der Waals surface area (Å²) >= 11 is 0. The topological polar surface area (TPSA) is 66.6 Å². The van der Waals surface area contributed by atoms with E-state index >= 15 is 0 Å². The number of rotatable bonds is 4. The first-order valence-corrected chi connectivity index (χ1v) is 6.88. The van der Waals surface area contributed by atoms with Crippen LogP contribution in [0.25, 0.3) is 0 Å². The van der Waals surface area contributed by atoms with Gasteiger partial charge in [-0.3, -0.25) is 4.79 Å². The van der Waals surface area contributed by atoms with E-state index in [4.69, 9.17) is 5.73 Å². The molecule has 0 aromatic heterocycles. The number of nitrogens with two attached hydrogens (primary N) is 1. The van der Waals surface area contributed by atoms with Crippen molar-refractivity contribution in [3.8, 4) is 5.75 Å². The minimum Gasteiger partial charge on any atom is -0.508 e. The lowest BCUT2D eigenvalue weighted by Gasteiger charge is -2.27. The van der Waals surface area contributed by atoms with Gasteiger partial charge in [-0.05, 0) is 37.0 Å². The van der Waals surface area contributed by atoms with Crippen molar-refractivity contribution < 1.29 is 9.90 Å². The van der Waals surface area contributed by atoms with Crippen molar-refractivity contribution in [2.75, 3.05) is 7.05 Å². The normalized spacial score (nSPS) is 17.4. The van der Waals surface area contributed by atoms with Gasteiger partial charge < -0.3 is 15.7 Å². The summed E-state index contributed by atoms with van der Waals surface area (Å²) in [5, 5.41) is 9.23. The standard InChI is InChI=1S/C15H22N2O2/c1-17(12-4-2-3-5-12)15(19)14(16)10-11-6-8-13(18)9-7-11/h6-9,12,14,18H,2-5,10,16H2,1H3. The molecule has 1 aromatic rings. The molecule has 1 aliphatic rings. The van der Waals surface area contributed by atoms with Crippen LogP contribution in [0, 0.1) is 0 Å². The second-order valence-electron chi connectivity index (χ2n) is 5.36. The monoisotopic (exact) mass is 262 g/mol. The molecule has 19 heavy (non-hydrogen) atoms. The van der Waals surface area contributed by atoms with Crippen molar-refractivity contribution in [1.29, 1.82) is 0 Å². The molecule has 0 heterocycles. The first-order chi connectivity index (χ1) is 9.08. The Morgan fingerprint density at radius 1 is 1.37 bits per heavy atom. The molecule has 0 saturated heterocycles. The number of likely N-dealkylation sites (N-methyl/N-ethyl adjacent to an activating group) is 1. The van der Waals surface area contributed by atoms with Gasteiger partial charge in [-0.1, -0.05) is 25.0 Å². The summed E-state index contributed by atoms with van der Waals surface area (Å²) in [6, 6.07) is 6.70. The summed E-state index contributed by atoms with van der Waals surface area (Å²) < 4.78 is 0. The van der Waals surface area contributed by atoms with Gasteiger partial charge in [0.15, 0.2) is 0 Å². The third-order valence-electron chi connectivity index (χ3n) is 3.93. The van der Waals surface area contributed by atoms with Crippen LogP contribution in [-0.4, -0.2) is 35.0 Å². The minimum atomic E-state index is -0.504. The average molecular weight is 262 g/mol. The Morgan fingerprint density at radius 3 is 2.53 bits per heavy atom. The zero-order valence-electron chi connectivity index (χ0n) is 11.4. The lowest BCUT2D eigenvalue weighted by Crippen LogP contribution is -2.46. The molecule has 104 valence electrons. The highest BCUT2D eigenvalue weighted by Crippen LogP contribution is 2.23. The van der Waals surface area contributed by atoms with Crippen LogP contribution in [-0.2, 0) is 11.2 Å². The van der Waals surface area contributed by atoms with E-state index in [-0.39, 0.29) is 11.7 Å². The van der Waals surface area contributed by atoms with E-state index < -0.39 is 6.04 Å². The predicted molar refractivity (Wildman–Crippen MR) is 74.8 cm³/mol. The smallest absolute Gasteiger partial charge is 0.239 e. The molecule has 2 rings (SSSR count). The molecule has 0 radical (unpaired) electrons. The van der Waals surface area contributed by atoms with Gasteiger partial charge in [0.25, 0.3) is 0 Å². The average Bonchev–Trinajstić information content (AvgIpc) is 2.93. The third kappa shape index (κ3) is 3.47. The third-order valence-corrected chi connectivity index (χ3v) is 3.93. The van der Waals surface area contributed by atoms with E-state index in [0.29, 0.717) is 12.5 Å². The highest BCUT2D eigenvalue weighted by molar-refractivity contribution is 5.82. The Labute approximate surface area is 114 Å². The van der Waals surface area contributed by atoms with Crippen LogP contribution >= 0.6 is 0 Å². The summed E-state index contributed by atoms with van der Waals surface area (Å²) in [5.41, 5.74) is 6.97. The van der Waals surface area contributed by atoms with Gasteiger partial charge in [0, 0.05) is 13.1 Å². The largest absolute Gasteiger partial charge is 0.508 e. The second-order valence-corrected chi connectivity index (χ2v) is 5.36. The van der Waals surface area contributed by atoms with E-state index in [2.05, 4.69) is 0 Å². The predicted octanol–water partition coefficient (Wildman–Crippen LogP) is 1.66. The molecule has 4 heteroatoms. The molecule has 1 atom stereocenters. The van der Waals surface area contributed by atoms with Crippen LogP contribution in [0.1, 0.15) is 31.2 Å². The van der Waals surface area contributed by atoms with Crippen molar-refractivity contribution >= 4 is 5.91 Å². The first kappa shape index (κ1) is 13.9. The summed E-state index contributed by atoms with van der Waals surface area (Å²) in [5.74, 6) is 0.242. The zero-order valence-corrected chi connectivity index (χ0v) is 11.4. The molecule has 0 bridgehead atoms. The summed E-state index contributed by atoms with van der Waals surface area (Å²) in [6.07, 6.45) is 5.10. The van der Waals surface area contributed by atoms with Crippen LogP contribution in [0.5, 0.6) is 5.75 Å². The van der Waals surface area contributed by atoms with Crippen LogP contribution in [0.4, 0.5) is 0 Å². The molecule has 1 aromatic carbocycles. The van der Waals surface area contributed by atoms with Crippen LogP contribution in [0.2, 0.25) is 0 Å². The lowest BCUT2D eigenvalue weighted by atomic mass is 10.0. The van der Waals surface area contributed by atoms with Gasteiger partial charge in [0.05, 0.1) is 6.04 Å². The number of nitrogens with zero attached hydrogens (tertiary/aromatic N) is 1. The fraction of sp³-hybridized carbons (Fsp3) is 0.533. The quantitative estimate of drug-likeness (QED) is 0.867. The number of amides is 1. The number of phenolic OH excluding ortho intramolecular Hbond substituents is 1. The minimum absolute atomic E-state index is 0.0139. The number of carbonyl (C=O) groups excluding carboxylic acids is 1. The lowest BCUT2D eigenvalue weighted by molar-refractivity contribution is -0.133. The van der Waals surface area contributed by atoms with Crippen LogP contribution in [0.3, 0.4) is 0 Å². The molecule has 4 nitrogen and oxygen atoms in total. The maximum absolute atomic E-state index is 12.3. The van der Waals surface area contributed by atoms with Crippen molar-refractivity contribution in [3.05, 3.63) is 29.8 Å². The summed E-state index contributed by atoms with van der Waals surface area (Å²) in [6.45, 7) is 0. The van der Waals surface area contributed by atoms with Crippen LogP contribution in [0.15, 0.2) is 24.3 Å². The molecule has 1 unspecified atom stereocenters. The van der Waals surface area contributed by atoms with Crippen LogP contribution < -0.4 is 5.73 Å². The summed E-state index contributed by atoms with van der Waals surface area (Å²) in [7, 11) is 1.86. The second kappa shape index (κ2) is 6.06. The Bertz CT molecular complexity index is 424. The number of hydrogen-bond acceptors (Lipinski definition) is 3. The molecule has 1 fully saturated rings. The number of benzene rings is 1. The maximum Gasteiger partial charge on any atom is 0.239 e. The first-order valence-electron chi connectivity index (χ1n) is 6.88. The number of phenols is 1. The molecule has 0 aliphatic heterocycles. The molecule has 3 N–H and O–H groups in total. The Balaban J connectivity index is 1.93. The zero-order chi connectivity index (χ0) is 13.8. The molecule has 0 spiro atoms. The van der Waals surface area contributed by atoms with Crippen molar-refractivity contribution in [3.63, 3.8) is 0 Å².